The lowest BCUT2D eigenvalue weighted by Gasteiger charge is -2.49. The monoisotopic (exact) mass is 742 g/mol. The summed E-state index contributed by atoms with van der Waals surface area (Å²) in [5.74, 6) is -5.19. The maximum absolute atomic E-state index is 11.9. The summed E-state index contributed by atoms with van der Waals surface area (Å²) in [6.45, 7) is 15.3. The van der Waals surface area contributed by atoms with Crippen LogP contribution in [0.1, 0.15) is 107 Å². The van der Waals surface area contributed by atoms with Crippen LogP contribution in [0.3, 0.4) is 0 Å². The van der Waals surface area contributed by atoms with Gasteiger partial charge in [0.2, 0.25) is 0 Å². The van der Waals surface area contributed by atoms with Crippen molar-refractivity contribution in [3.8, 4) is 0 Å². The van der Waals surface area contributed by atoms with Crippen molar-refractivity contribution in [3.05, 3.63) is 0 Å². The van der Waals surface area contributed by atoms with Crippen LogP contribution in [0.2, 0.25) is 0 Å². The standard InChI is InChI=1S/C39H66O13/c1-11-37(34-22(3)17-27(48-34)31-21(2)16-23(4)39(20-40,51-31)47-19-30(41)42)13-12-29(49-37)36(8)14-15-38(52-36)18-28(45-9)24(5)33(50-38)25(6)32(46-10)26(7)35(43)44/h21-29,31-34,40H,11-20H2,1-10H3,(H,41,42)(H,43,44). The minimum atomic E-state index is -1.40. The Morgan fingerprint density at radius 3 is 2.27 bits per heavy atom. The molecule has 0 aliphatic carbocycles. The Morgan fingerprint density at radius 2 is 1.67 bits per heavy atom. The van der Waals surface area contributed by atoms with Crippen LogP contribution >= 0.6 is 0 Å². The molecule has 17 unspecified atom stereocenters. The first-order valence-corrected chi connectivity index (χ1v) is 19.6. The van der Waals surface area contributed by atoms with E-state index >= 15 is 0 Å². The zero-order valence-corrected chi connectivity index (χ0v) is 33.0. The predicted octanol–water partition coefficient (Wildman–Crippen LogP) is 5.04. The molecular formula is C39H66O13. The van der Waals surface area contributed by atoms with Crippen molar-refractivity contribution in [1.82, 2.24) is 0 Å². The molecule has 0 bridgehead atoms. The minimum Gasteiger partial charge on any atom is -0.481 e. The molecule has 52 heavy (non-hydrogen) atoms. The lowest BCUT2D eigenvalue weighted by atomic mass is 9.78. The highest BCUT2D eigenvalue weighted by Gasteiger charge is 2.62. The number of ether oxygens (including phenoxy) is 8. The fourth-order valence-corrected chi connectivity index (χ4v) is 10.6. The minimum absolute atomic E-state index is 0.00510. The lowest BCUT2D eigenvalue weighted by molar-refractivity contribution is -0.341. The Kier molecular flexibility index (Phi) is 12.8. The van der Waals surface area contributed by atoms with Gasteiger partial charge in [0.1, 0.15) is 6.61 Å². The van der Waals surface area contributed by atoms with E-state index in [0.29, 0.717) is 19.3 Å². The fraction of sp³-hybridized carbons (Fsp3) is 0.949. The number of carboxylic acid groups (broad SMARTS) is 2. The van der Waals surface area contributed by atoms with Crippen LogP contribution in [0, 0.1) is 35.5 Å². The van der Waals surface area contributed by atoms with Crippen LogP contribution in [0.5, 0.6) is 0 Å². The van der Waals surface area contributed by atoms with E-state index in [1.165, 1.54) is 0 Å². The van der Waals surface area contributed by atoms with Crippen molar-refractivity contribution in [3.63, 3.8) is 0 Å². The quantitative estimate of drug-likeness (QED) is 0.217. The first kappa shape index (κ1) is 41.7. The zero-order valence-electron chi connectivity index (χ0n) is 33.0. The Hall–Kier alpha value is -1.42. The number of hydrogen-bond acceptors (Lipinski definition) is 11. The number of carboxylic acids is 2. The largest absolute Gasteiger partial charge is 0.481 e. The number of aliphatic hydroxyl groups is 1. The average Bonchev–Trinajstić information content (AvgIpc) is 3.82. The van der Waals surface area contributed by atoms with Crippen LogP contribution in [0.4, 0.5) is 0 Å². The van der Waals surface area contributed by atoms with Crippen molar-refractivity contribution < 1.29 is 62.8 Å². The smallest absolute Gasteiger partial charge is 0.329 e. The molecule has 5 heterocycles. The first-order valence-electron chi connectivity index (χ1n) is 19.6. The molecule has 0 radical (unpaired) electrons. The molecule has 0 aromatic rings. The number of carbonyl (C=O) groups is 2. The van der Waals surface area contributed by atoms with Crippen molar-refractivity contribution >= 4 is 11.9 Å². The van der Waals surface area contributed by atoms with Crippen LogP contribution in [-0.2, 0) is 47.5 Å². The van der Waals surface area contributed by atoms with Crippen LogP contribution in [0.25, 0.3) is 0 Å². The third-order valence-electron chi connectivity index (χ3n) is 13.7. The molecule has 5 saturated heterocycles. The molecule has 1 spiro atoms. The third kappa shape index (κ3) is 7.69. The van der Waals surface area contributed by atoms with Crippen molar-refractivity contribution in [2.24, 2.45) is 35.5 Å². The Labute approximate surface area is 309 Å². The summed E-state index contributed by atoms with van der Waals surface area (Å²) in [6.07, 6.45) is 3.70. The normalized spacial score (nSPS) is 47.1. The summed E-state index contributed by atoms with van der Waals surface area (Å²) in [4.78, 5) is 23.3. The molecule has 0 amide bonds. The summed E-state index contributed by atoms with van der Waals surface area (Å²) in [5, 5.41) is 29.5. The number of hydrogen-bond donors (Lipinski definition) is 3. The Morgan fingerprint density at radius 1 is 0.962 bits per heavy atom. The summed E-state index contributed by atoms with van der Waals surface area (Å²) in [5.41, 5.74) is -1.16. The van der Waals surface area contributed by atoms with Gasteiger partial charge in [0, 0.05) is 44.8 Å². The number of aliphatic hydroxyl groups excluding tert-OH is 1. The van der Waals surface area contributed by atoms with Crippen LogP contribution in [0.15, 0.2) is 0 Å². The van der Waals surface area contributed by atoms with Crippen molar-refractivity contribution in [2.75, 3.05) is 27.4 Å². The van der Waals surface area contributed by atoms with Gasteiger partial charge in [-0.25, -0.2) is 4.79 Å². The molecular weight excluding hydrogens is 676 g/mol. The maximum Gasteiger partial charge on any atom is 0.329 e. The van der Waals surface area contributed by atoms with E-state index in [4.69, 9.17) is 37.9 Å². The van der Waals surface area contributed by atoms with Crippen molar-refractivity contribution in [1.29, 1.82) is 0 Å². The molecule has 5 fully saturated rings. The molecule has 5 aliphatic heterocycles. The van der Waals surface area contributed by atoms with Gasteiger partial charge in [-0.2, -0.15) is 0 Å². The maximum atomic E-state index is 11.9. The van der Waals surface area contributed by atoms with Gasteiger partial charge in [0.25, 0.3) is 0 Å². The van der Waals surface area contributed by atoms with Gasteiger partial charge in [0.15, 0.2) is 11.6 Å². The average molecular weight is 743 g/mol. The Bertz CT molecular complexity index is 1250. The highest BCUT2D eigenvalue weighted by atomic mass is 16.7. The molecule has 300 valence electrons. The van der Waals surface area contributed by atoms with Gasteiger partial charge in [-0.05, 0) is 64.2 Å². The van der Waals surface area contributed by atoms with Gasteiger partial charge in [-0.3, -0.25) is 4.79 Å². The van der Waals surface area contributed by atoms with Crippen molar-refractivity contribution in [2.45, 2.75) is 172 Å². The summed E-state index contributed by atoms with van der Waals surface area (Å²) in [6, 6.07) is 0. The summed E-state index contributed by atoms with van der Waals surface area (Å²) < 4.78 is 52.0. The van der Waals surface area contributed by atoms with E-state index in [0.717, 1.165) is 32.1 Å². The lowest BCUT2D eigenvalue weighted by Crippen LogP contribution is -2.57. The summed E-state index contributed by atoms with van der Waals surface area (Å²) in [7, 11) is 3.26. The van der Waals surface area contributed by atoms with Gasteiger partial charge in [0.05, 0.1) is 66.5 Å². The zero-order chi connectivity index (χ0) is 38.4. The molecule has 0 aromatic carbocycles. The fourth-order valence-electron chi connectivity index (χ4n) is 10.6. The molecule has 0 saturated carbocycles. The van der Waals surface area contributed by atoms with Gasteiger partial charge >= 0.3 is 11.9 Å². The van der Waals surface area contributed by atoms with Crippen LogP contribution in [-0.4, -0.2) is 120 Å². The third-order valence-corrected chi connectivity index (χ3v) is 13.7. The highest BCUT2D eigenvalue weighted by molar-refractivity contribution is 5.70. The molecule has 13 heteroatoms. The SMILES string of the molecule is CCC1(C2OC(C3OC(CO)(OCC(=O)O)C(C)CC3C)CC2C)CCC(C2(C)CCC3(CC(OC)C(C)C(C(C)C(OC)C(C)C(=O)O)O3)O2)O1. The molecule has 17 atom stereocenters. The second-order valence-corrected chi connectivity index (χ2v) is 17.2. The first-order chi connectivity index (χ1) is 24.4. The number of rotatable bonds is 14. The highest BCUT2D eigenvalue weighted by Crippen LogP contribution is 2.55. The van der Waals surface area contributed by atoms with E-state index < -0.39 is 60.0 Å². The summed E-state index contributed by atoms with van der Waals surface area (Å²) >= 11 is 0. The second-order valence-electron chi connectivity index (χ2n) is 17.2. The van der Waals surface area contributed by atoms with Crippen LogP contribution < -0.4 is 0 Å². The molecule has 5 aliphatic rings. The second kappa shape index (κ2) is 16.0. The van der Waals surface area contributed by atoms with Gasteiger partial charge < -0.3 is 53.2 Å². The molecule has 5 rings (SSSR count). The van der Waals surface area contributed by atoms with E-state index in [2.05, 4.69) is 34.6 Å². The molecule has 13 nitrogen and oxygen atoms in total. The predicted molar refractivity (Wildman–Crippen MR) is 188 cm³/mol. The molecule has 0 aromatic heterocycles. The van der Waals surface area contributed by atoms with E-state index in [1.54, 1.807) is 21.1 Å². The van der Waals surface area contributed by atoms with E-state index in [1.807, 2.05) is 13.8 Å². The van der Waals surface area contributed by atoms with E-state index in [9.17, 15) is 24.9 Å². The molecule has 3 N–H and O–H groups in total. The number of aliphatic carboxylic acids is 2. The Balaban J connectivity index is 1.30. The van der Waals surface area contributed by atoms with Gasteiger partial charge in [-0.15, -0.1) is 0 Å². The van der Waals surface area contributed by atoms with Gasteiger partial charge in [-0.1, -0.05) is 41.5 Å². The topological polar surface area (TPSA) is 169 Å². The van der Waals surface area contributed by atoms with E-state index in [-0.39, 0.29) is 66.2 Å². The number of methoxy groups -OCH3 is 2.